The highest BCUT2D eigenvalue weighted by atomic mass is 16.5. The lowest BCUT2D eigenvalue weighted by Gasteiger charge is -2.22. The number of hydrogen-bond acceptors (Lipinski definition) is 6. The topological polar surface area (TPSA) is 122 Å². The van der Waals surface area contributed by atoms with Crippen molar-refractivity contribution in [3.05, 3.63) is 0 Å². The summed E-state index contributed by atoms with van der Waals surface area (Å²) in [6.07, 6.45) is 1.11. The van der Waals surface area contributed by atoms with Gasteiger partial charge in [0.25, 0.3) is 5.91 Å². The van der Waals surface area contributed by atoms with Gasteiger partial charge < -0.3 is 19.5 Å². The lowest BCUT2D eigenvalue weighted by molar-refractivity contribution is -0.146. The molecule has 1 fully saturated rings. The third-order valence-electron chi connectivity index (χ3n) is 2.69. The average molecular weight is 288 g/mol. The Morgan fingerprint density at radius 2 is 2.00 bits per heavy atom. The summed E-state index contributed by atoms with van der Waals surface area (Å²) in [7, 11) is 1.22. The van der Waals surface area contributed by atoms with E-state index >= 15 is 0 Å². The molecule has 1 rings (SSSR count). The van der Waals surface area contributed by atoms with E-state index in [4.69, 9.17) is 5.11 Å². The first-order valence-corrected chi connectivity index (χ1v) is 5.93. The second-order valence-electron chi connectivity index (χ2n) is 4.11. The Bertz CT molecular complexity index is 410. The molecule has 0 spiro atoms. The molecular weight excluding hydrogens is 272 g/mol. The van der Waals surface area contributed by atoms with E-state index in [0.717, 1.165) is 0 Å². The van der Waals surface area contributed by atoms with Crippen LogP contribution in [0.1, 0.15) is 12.8 Å². The van der Waals surface area contributed by atoms with E-state index in [0.29, 0.717) is 19.4 Å². The largest absolute Gasteiger partial charge is 0.480 e. The van der Waals surface area contributed by atoms with Gasteiger partial charge in [0.05, 0.1) is 7.11 Å². The van der Waals surface area contributed by atoms with Gasteiger partial charge in [-0.2, -0.15) is 0 Å². The van der Waals surface area contributed by atoms with Gasteiger partial charge in [-0.05, 0) is 12.8 Å². The number of urea groups is 1. The second-order valence-corrected chi connectivity index (χ2v) is 4.11. The molecule has 0 saturated carbocycles. The van der Waals surface area contributed by atoms with Crippen molar-refractivity contribution in [1.29, 1.82) is 0 Å². The third kappa shape index (κ3) is 4.50. The summed E-state index contributed by atoms with van der Waals surface area (Å²) in [5, 5.41) is 10.3. The molecule has 9 heteroatoms. The van der Waals surface area contributed by atoms with Crippen LogP contribution in [0.15, 0.2) is 0 Å². The fourth-order valence-electron chi connectivity index (χ4n) is 1.85. The zero-order chi connectivity index (χ0) is 15.1. The molecule has 0 aliphatic carbocycles. The van der Waals surface area contributed by atoms with E-state index in [-0.39, 0.29) is 0 Å². The molecule has 20 heavy (non-hydrogen) atoms. The molecule has 1 atom stereocenters. The Balaban J connectivity index is 2.43. The molecule has 1 unspecified atom stereocenters. The minimum atomic E-state index is -1.21. The molecule has 2 N–H and O–H groups in total. The number of carboxylic acid groups (broad SMARTS) is 1. The van der Waals surface area contributed by atoms with E-state index in [1.54, 1.807) is 0 Å². The van der Waals surface area contributed by atoms with Crippen molar-refractivity contribution in [3.63, 3.8) is 0 Å². The first-order valence-electron chi connectivity index (χ1n) is 5.93. The van der Waals surface area contributed by atoms with Crippen molar-refractivity contribution in [2.75, 3.05) is 26.9 Å². The Morgan fingerprint density at radius 1 is 1.30 bits per heavy atom. The smallest absolute Gasteiger partial charge is 0.329 e. The molecule has 1 saturated heterocycles. The number of carbonyl (C=O) groups is 4. The SMILES string of the molecule is COC(=O)C1CCCN1C(=O)NC(=O)COCC(=O)O. The molecule has 0 bridgehead atoms. The van der Waals surface area contributed by atoms with Gasteiger partial charge in [-0.25, -0.2) is 14.4 Å². The molecule has 0 radical (unpaired) electrons. The van der Waals surface area contributed by atoms with Crippen molar-refractivity contribution in [2.45, 2.75) is 18.9 Å². The van der Waals surface area contributed by atoms with Gasteiger partial charge in [-0.15, -0.1) is 0 Å². The van der Waals surface area contributed by atoms with Gasteiger partial charge in [0.1, 0.15) is 19.3 Å². The lowest BCUT2D eigenvalue weighted by Crippen LogP contribution is -2.48. The summed E-state index contributed by atoms with van der Waals surface area (Å²) < 4.78 is 9.12. The van der Waals surface area contributed by atoms with Crippen LogP contribution < -0.4 is 5.32 Å². The minimum absolute atomic E-state index is 0.342. The van der Waals surface area contributed by atoms with E-state index in [2.05, 4.69) is 9.47 Å². The number of rotatable bonds is 5. The highest BCUT2D eigenvalue weighted by Gasteiger charge is 2.35. The number of aliphatic carboxylic acids is 1. The molecule has 1 aliphatic rings. The standard InChI is InChI=1S/C11H16N2O7/c1-19-10(17)7-3-2-4-13(7)11(18)12-8(14)5-20-6-9(15)16/h7H,2-6H2,1H3,(H,15,16)(H,12,14,18). The quantitative estimate of drug-likeness (QED) is 0.619. The fraction of sp³-hybridized carbons (Fsp3) is 0.636. The van der Waals surface area contributed by atoms with Crippen LogP contribution >= 0.6 is 0 Å². The van der Waals surface area contributed by atoms with Crippen molar-refractivity contribution < 1.29 is 33.8 Å². The van der Waals surface area contributed by atoms with Crippen LogP contribution in [0.5, 0.6) is 0 Å². The molecule has 1 aliphatic heterocycles. The summed E-state index contributed by atoms with van der Waals surface area (Å²) >= 11 is 0. The van der Waals surface area contributed by atoms with Crippen molar-refractivity contribution in [2.24, 2.45) is 0 Å². The van der Waals surface area contributed by atoms with E-state index < -0.39 is 43.1 Å². The van der Waals surface area contributed by atoms with Crippen molar-refractivity contribution in [1.82, 2.24) is 10.2 Å². The number of ether oxygens (including phenoxy) is 2. The van der Waals surface area contributed by atoms with Crippen LogP contribution in [0.25, 0.3) is 0 Å². The lowest BCUT2D eigenvalue weighted by atomic mass is 10.2. The number of carboxylic acids is 1. The van der Waals surface area contributed by atoms with Crippen LogP contribution in [-0.4, -0.2) is 66.8 Å². The first kappa shape index (κ1) is 15.9. The number of hydrogen-bond donors (Lipinski definition) is 2. The highest BCUT2D eigenvalue weighted by Crippen LogP contribution is 2.18. The summed E-state index contributed by atoms with van der Waals surface area (Å²) in [4.78, 5) is 46.0. The molecule has 3 amide bonds. The molecular formula is C11H16N2O7. The molecule has 112 valence electrons. The fourth-order valence-corrected chi connectivity index (χ4v) is 1.85. The highest BCUT2D eigenvalue weighted by molar-refractivity contribution is 5.96. The number of imide groups is 1. The molecule has 9 nitrogen and oxygen atoms in total. The Morgan fingerprint density at radius 3 is 2.60 bits per heavy atom. The number of likely N-dealkylation sites (tertiary alicyclic amines) is 1. The Hall–Kier alpha value is -2.16. The predicted octanol–water partition coefficient (Wildman–Crippen LogP) is -1.04. The molecule has 1 heterocycles. The van der Waals surface area contributed by atoms with Gasteiger partial charge in [-0.1, -0.05) is 0 Å². The van der Waals surface area contributed by atoms with Crippen LogP contribution in [-0.2, 0) is 23.9 Å². The average Bonchev–Trinajstić information content (AvgIpc) is 2.86. The van der Waals surface area contributed by atoms with Gasteiger partial charge in [-0.3, -0.25) is 10.1 Å². The maximum Gasteiger partial charge on any atom is 0.329 e. The molecule has 0 aromatic heterocycles. The first-order chi connectivity index (χ1) is 9.45. The number of amides is 3. The predicted molar refractivity (Wildman–Crippen MR) is 63.7 cm³/mol. The zero-order valence-electron chi connectivity index (χ0n) is 11.0. The Kier molecular flexibility index (Phi) is 5.91. The van der Waals surface area contributed by atoms with E-state index in [1.807, 2.05) is 5.32 Å². The van der Waals surface area contributed by atoms with Crippen LogP contribution in [0.3, 0.4) is 0 Å². The summed E-state index contributed by atoms with van der Waals surface area (Å²) in [5.41, 5.74) is 0. The summed E-state index contributed by atoms with van der Waals surface area (Å²) in [6, 6.07) is -1.42. The maximum atomic E-state index is 11.8. The van der Waals surface area contributed by atoms with Crippen molar-refractivity contribution in [3.8, 4) is 0 Å². The van der Waals surface area contributed by atoms with E-state index in [9.17, 15) is 19.2 Å². The Labute approximate surface area is 114 Å². The minimum Gasteiger partial charge on any atom is -0.480 e. The van der Waals surface area contributed by atoms with Gasteiger partial charge in [0, 0.05) is 6.54 Å². The zero-order valence-corrected chi connectivity index (χ0v) is 11.0. The van der Waals surface area contributed by atoms with E-state index in [1.165, 1.54) is 12.0 Å². The van der Waals surface area contributed by atoms with Crippen LogP contribution in [0, 0.1) is 0 Å². The van der Waals surface area contributed by atoms with Gasteiger partial charge in [0.15, 0.2) is 0 Å². The van der Waals surface area contributed by atoms with Crippen LogP contribution in [0.4, 0.5) is 4.79 Å². The number of methoxy groups -OCH3 is 1. The monoisotopic (exact) mass is 288 g/mol. The van der Waals surface area contributed by atoms with Gasteiger partial charge >= 0.3 is 18.0 Å². The van der Waals surface area contributed by atoms with Gasteiger partial charge in [0.2, 0.25) is 0 Å². The summed E-state index contributed by atoms with van der Waals surface area (Å²) in [5.74, 6) is -2.52. The number of carbonyl (C=O) groups excluding carboxylic acids is 3. The third-order valence-corrected chi connectivity index (χ3v) is 2.69. The maximum absolute atomic E-state index is 11.8. The van der Waals surface area contributed by atoms with Crippen molar-refractivity contribution >= 4 is 23.9 Å². The normalized spacial score (nSPS) is 17.6. The number of esters is 1. The number of nitrogens with zero attached hydrogens (tertiary/aromatic N) is 1. The molecule has 0 aromatic rings. The molecule has 0 aromatic carbocycles. The summed E-state index contributed by atoms with van der Waals surface area (Å²) in [6.45, 7) is -0.834. The van der Waals surface area contributed by atoms with Crippen LogP contribution in [0.2, 0.25) is 0 Å². The second kappa shape index (κ2) is 7.43. The number of nitrogens with one attached hydrogen (secondary N) is 1.